The van der Waals surface area contributed by atoms with E-state index in [1.54, 1.807) is 23.1 Å². The minimum atomic E-state index is -0.341. The van der Waals surface area contributed by atoms with Gasteiger partial charge in [-0.2, -0.15) is 0 Å². The Morgan fingerprint density at radius 2 is 1.64 bits per heavy atom. The number of anilines is 1. The third-order valence-electron chi connectivity index (χ3n) is 5.70. The molecule has 1 fully saturated rings. The van der Waals surface area contributed by atoms with E-state index in [-0.39, 0.29) is 35.7 Å². The highest BCUT2D eigenvalue weighted by molar-refractivity contribution is 6.01. The van der Waals surface area contributed by atoms with E-state index >= 15 is 0 Å². The van der Waals surface area contributed by atoms with Crippen molar-refractivity contribution >= 4 is 17.4 Å². The lowest BCUT2D eigenvalue weighted by molar-refractivity contribution is -0.117. The summed E-state index contributed by atoms with van der Waals surface area (Å²) in [4.78, 5) is 28.8. The topological polar surface area (TPSA) is 40.6 Å². The molecule has 0 unspecified atom stereocenters. The fourth-order valence-corrected chi connectivity index (χ4v) is 4.11. The van der Waals surface area contributed by atoms with Gasteiger partial charge < -0.3 is 9.80 Å². The lowest BCUT2D eigenvalue weighted by Gasteiger charge is -2.32. The Balaban J connectivity index is 1.30. The molecule has 2 aromatic rings. The second-order valence-corrected chi connectivity index (χ2v) is 7.48. The lowest BCUT2D eigenvalue weighted by Crippen LogP contribution is -2.41. The van der Waals surface area contributed by atoms with E-state index in [9.17, 15) is 18.4 Å². The quantitative estimate of drug-likeness (QED) is 0.742. The van der Waals surface area contributed by atoms with Gasteiger partial charge in [0.1, 0.15) is 11.6 Å². The first-order chi connectivity index (χ1) is 13.5. The summed E-state index contributed by atoms with van der Waals surface area (Å²) in [5.74, 6) is -0.625. The highest BCUT2D eigenvalue weighted by Gasteiger charge is 2.29. The molecular weight excluding hydrogens is 362 g/mol. The van der Waals surface area contributed by atoms with Crippen molar-refractivity contribution in [2.24, 2.45) is 5.92 Å². The molecule has 2 aliphatic rings. The van der Waals surface area contributed by atoms with Crippen molar-refractivity contribution in [3.63, 3.8) is 0 Å². The number of rotatable bonds is 5. The van der Waals surface area contributed by atoms with Gasteiger partial charge in [-0.25, -0.2) is 8.78 Å². The van der Waals surface area contributed by atoms with Crippen molar-refractivity contribution < 1.29 is 18.4 Å². The summed E-state index contributed by atoms with van der Waals surface area (Å²) in [6.07, 6.45) is 1.76. The molecule has 4 rings (SSSR count). The first-order valence-corrected chi connectivity index (χ1v) is 9.62. The van der Waals surface area contributed by atoms with Crippen LogP contribution in [0.15, 0.2) is 42.5 Å². The molecule has 2 aliphatic heterocycles. The van der Waals surface area contributed by atoms with Crippen LogP contribution in [0.3, 0.4) is 0 Å². The average molecular weight is 384 g/mol. The molecule has 28 heavy (non-hydrogen) atoms. The van der Waals surface area contributed by atoms with Crippen molar-refractivity contribution in [3.8, 4) is 0 Å². The van der Waals surface area contributed by atoms with Crippen LogP contribution in [0.25, 0.3) is 0 Å². The number of fused-ring (bicyclic) bond motifs is 1. The molecule has 2 aromatic carbocycles. The van der Waals surface area contributed by atoms with Crippen LogP contribution < -0.4 is 4.90 Å². The maximum Gasteiger partial charge on any atom is 0.231 e. The highest BCUT2D eigenvalue weighted by Crippen LogP contribution is 2.29. The van der Waals surface area contributed by atoms with Gasteiger partial charge in [-0.1, -0.05) is 0 Å². The van der Waals surface area contributed by atoms with Gasteiger partial charge in [0, 0.05) is 30.3 Å². The van der Waals surface area contributed by atoms with Crippen molar-refractivity contribution in [1.29, 1.82) is 0 Å². The molecule has 0 bridgehead atoms. The Hall–Kier alpha value is -2.60. The van der Waals surface area contributed by atoms with Gasteiger partial charge in [0.25, 0.3) is 0 Å². The normalized spacial score (nSPS) is 17.8. The van der Waals surface area contributed by atoms with Gasteiger partial charge in [0.2, 0.25) is 5.91 Å². The fourth-order valence-electron chi connectivity index (χ4n) is 4.11. The summed E-state index contributed by atoms with van der Waals surface area (Å²) < 4.78 is 26.4. The molecular formula is C22H22F2N2O2. The zero-order valence-corrected chi connectivity index (χ0v) is 15.5. The maximum absolute atomic E-state index is 13.4. The van der Waals surface area contributed by atoms with Crippen molar-refractivity contribution in [2.75, 3.05) is 31.1 Å². The van der Waals surface area contributed by atoms with Crippen LogP contribution in [0.4, 0.5) is 14.5 Å². The molecule has 146 valence electrons. The second-order valence-electron chi connectivity index (χ2n) is 7.48. The number of ketones is 1. The number of carbonyl (C=O) groups is 2. The summed E-state index contributed by atoms with van der Waals surface area (Å²) >= 11 is 0. The molecule has 0 N–H and O–H groups in total. The first kappa shape index (κ1) is 18.7. The van der Waals surface area contributed by atoms with E-state index in [1.165, 1.54) is 24.3 Å². The number of likely N-dealkylation sites (tertiary alicyclic amines) is 1. The van der Waals surface area contributed by atoms with Gasteiger partial charge >= 0.3 is 0 Å². The number of carbonyl (C=O) groups excluding carboxylic acids is 2. The van der Waals surface area contributed by atoms with Gasteiger partial charge in [0.15, 0.2) is 5.78 Å². The van der Waals surface area contributed by atoms with E-state index < -0.39 is 0 Å². The van der Waals surface area contributed by atoms with Crippen LogP contribution in [0.5, 0.6) is 0 Å². The van der Waals surface area contributed by atoms with Gasteiger partial charge in [-0.05, 0) is 74.0 Å². The Kier molecular flexibility index (Phi) is 5.22. The summed E-state index contributed by atoms with van der Waals surface area (Å²) in [6, 6.07) is 10.2. The minimum absolute atomic E-state index is 0.00183. The standard InChI is InChI=1S/C22H22F2N2O2/c23-18-3-1-15(2-4-18)22(28)16-7-9-25(10-8-16)11-12-26-20-6-5-19(24)13-17(20)14-21(26)27/h1-6,13,16H,7-12,14H2. The van der Waals surface area contributed by atoms with E-state index in [1.807, 2.05) is 0 Å². The number of amides is 1. The van der Waals surface area contributed by atoms with Crippen LogP contribution in [0, 0.1) is 17.6 Å². The van der Waals surface area contributed by atoms with Crippen molar-refractivity contribution in [1.82, 2.24) is 4.90 Å². The Bertz CT molecular complexity index is 890. The SMILES string of the molecule is O=C(c1ccc(F)cc1)C1CCN(CCN2C(=O)Cc3cc(F)ccc32)CC1. The molecule has 0 atom stereocenters. The Morgan fingerprint density at radius 1 is 0.964 bits per heavy atom. The Labute approximate surface area is 162 Å². The molecule has 2 heterocycles. The lowest BCUT2D eigenvalue weighted by atomic mass is 9.89. The van der Waals surface area contributed by atoms with Gasteiger partial charge in [-0.15, -0.1) is 0 Å². The molecule has 6 heteroatoms. The van der Waals surface area contributed by atoms with Crippen LogP contribution in [0.1, 0.15) is 28.8 Å². The van der Waals surface area contributed by atoms with E-state index in [0.717, 1.165) is 43.7 Å². The van der Waals surface area contributed by atoms with Gasteiger partial charge in [-0.3, -0.25) is 9.59 Å². The van der Waals surface area contributed by atoms with E-state index in [4.69, 9.17) is 0 Å². The Morgan fingerprint density at radius 3 is 2.36 bits per heavy atom. The van der Waals surface area contributed by atoms with E-state index in [2.05, 4.69) is 4.90 Å². The van der Waals surface area contributed by atoms with Crippen LogP contribution in [-0.2, 0) is 11.2 Å². The highest BCUT2D eigenvalue weighted by atomic mass is 19.1. The monoisotopic (exact) mass is 384 g/mol. The predicted molar refractivity (Wildman–Crippen MR) is 102 cm³/mol. The smallest absolute Gasteiger partial charge is 0.231 e. The van der Waals surface area contributed by atoms with Crippen LogP contribution >= 0.6 is 0 Å². The number of hydrogen-bond acceptors (Lipinski definition) is 3. The number of benzene rings is 2. The molecule has 0 radical (unpaired) electrons. The van der Waals surface area contributed by atoms with E-state index in [0.29, 0.717) is 12.1 Å². The fraction of sp³-hybridized carbons (Fsp3) is 0.364. The summed E-state index contributed by atoms with van der Waals surface area (Å²) in [7, 11) is 0. The predicted octanol–water partition coefficient (Wildman–Crippen LogP) is 3.45. The third-order valence-corrected chi connectivity index (χ3v) is 5.70. The number of halogens is 2. The maximum atomic E-state index is 13.4. The summed E-state index contributed by atoms with van der Waals surface area (Å²) in [5.41, 5.74) is 2.10. The van der Waals surface area contributed by atoms with Crippen molar-refractivity contribution in [3.05, 3.63) is 65.2 Å². The molecule has 0 saturated carbocycles. The number of piperidine rings is 1. The zero-order valence-electron chi connectivity index (χ0n) is 15.5. The molecule has 0 aromatic heterocycles. The number of Topliss-reactive ketones (excluding diaryl/α,β-unsaturated/α-hetero) is 1. The molecule has 0 spiro atoms. The first-order valence-electron chi connectivity index (χ1n) is 9.62. The molecule has 0 aliphatic carbocycles. The van der Waals surface area contributed by atoms with Crippen LogP contribution in [-0.4, -0.2) is 42.8 Å². The van der Waals surface area contributed by atoms with Crippen LogP contribution in [0.2, 0.25) is 0 Å². The third kappa shape index (κ3) is 3.83. The number of nitrogens with zero attached hydrogens (tertiary/aromatic N) is 2. The zero-order chi connectivity index (χ0) is 19.7. The molecule has 1 saturated heterocycles. The molecule has 4 nitrogen and oxygen atoms in total. The summed E-state index contributed by atoms with van der Waals surface area (Å²) in [5, 5.41) is 0. The van der Waals surface area contributed by atoms with Crippen molar-refractivity contribution in [2.45, 2.75) is 19.3 Å². The molecule has 1 amide bonds. The minimum Gasteiger partial charge on any atom is -0.311 e. The largest absolute Gasteiger partial charge is 0.311 e. The number of hydrogen-bond donors (Lipinski definition) is 0. The average Bonchev–Trinajstić information content (AvgIpc) is 3.01. The second kappa shape index (κ2) is 7.80. The van der Waals surface area contributed by atoms with Gasteiger partial charge in [0.05, 0.1) is 6.42 Å². The summed E-state index contributed by atoms with van der Waals surface area (Å²) in [6.45, 7) is 2.86.